The van der Waals surface area contributed by atoms with Crippen molar-refractivity contribution in [3.8, 4) is 0 Å². The van der Waals surface area contributed by atoms with Gasteiger partial charge in [0.15, 0.2) is 5.69 Å². The molecule has 1 aromatic carbocycles. The molecule has 0 bridgehead atoms. The van der Waals surface area contributed by atoms with Gasteiger partial charge in [-0.25, -0.2) is 9.48 Å². The lowest BCUT2D eigenvalue weighted by molar-refractivity contribution is -0.141. The van der Waals surface area contributed by atoms with Crippen molar-refractivity contribution in [3.63, 3.8) is 0 Å². The average molecular weight is 557 g/mol. The number of rotatable bonds is 7. The summed E-state index contributed by atoms with van der Waals surface area (Å²) in [5.41, 5.74) is -0.952. The Labute approximate surface area is 209 Å². The van der Waals surface area contributed by atoms with E-state index in [1.54, 1.807) is 6.92 Å². The van der Waals surface area contributed by atoms with Gasteiger partial charge in [-0.2, -0.15) is 18.3 Å². The molecule has 0 radical (unpaired) electrons. The van der Waals surface area contributed by atoms with Crippen molar-refractivity contribution in [3.05, 3.63) is 46.6 Å². The van der Waals surface area contributed by atoms with Crippen molar-refractivity contribution in [2.45, 2.75) is 51.4 Å². The van der Waals surface area contributed by atoms with E-state index in [1.165, 1.54) is 28.9 Å². The molecule has 2 N–H and O–H groups in total. The summed E-state index contributed by atoms with van der Waals surface area (Å²) in [5, 5.41) is 16.5. The van der Waals surface area contributed by atoms with Crippen molar-refractivity contribution in [2.75, 3.05) is 23.3 Å². The van der Waals surface area contributed by atoms with Crippen LogP contribution < -0.4 is 10.2 Å². The Balaban J connectivity index is 1.56. The lowest BCUT2D eigenvalue weighted by atomic mass is 9.83. The molecule has 1 aliphatic carbocycles. The molecule has 1 saturated carbocycles. The molecule has 1 amide bonds. The number of nitrogens with zero attached hydrogens (tertiary/aromatic N) is 3. The number of carbonyl (C=O) groups excluding carboxylic acids is 1. The number of aromatic carboxylic acids is 1. The standard InChI is InChI=1S/C24H28BrF3N4O3/c1-14(17-6-8-18(9-7-17)23(34)35)29-21(33)19-20(24(26,27)28)30-32-11-10-31(22(19)32)13-16-4-2-15(12-25)3-5-16/h6-9,14-16H,2-5,10-13H2,1H3,(H,29,33)(H,34,35). The van der Waals surface area contributed by atoms with Gasteiger partial charge in [-0.15, -0.1) is 0 Å². The van der Waals surface area contributed by atoms with Crippen LogP contribution in [0.2, 0.25) is 0 Å². The topological polar surface area (TPSA) is 87.5 Å². The first-order valence-electron chi connectivity index (χ1n) is 11.7. The molecule has 1 aliphatic heterocycles. The minimum atomic E-state index is -4.77. The summed E-state index contributed by atoms with van der Waals surface area (Å²) in [6.07, 6.45) is -0.573. The third-order valence-electron chi connectivity index (χ3n) is 6.97. The predicted molar refractivity (Wildman–Crippen MR) is 128 cm³/mol. The molecule has 1 aromatic heterocycles. The first-order valence-corrected chi connectivity index (χ1v) is 12.8. The van der Waals surface area contributed by atoms with Gasteiger partial charge in [0, 0.05) is 18.4 Å². The second-order valence-electron chi connectivity index (χ2n) is 9.38. The lowest BCUT2D eigenvalue weighted by Gasteiger charge is -2.31. The number of hydrogen-bond donors (Lipinski definition) is 2. The highest BCUT2D eigenvalue weighted by Crippen LogP contribution is 2.39. The number of nitrogens with one attached hydrogen (secondary N) is 1. The smallest absolute Gasteiger partial charge is 0.436 e. The summed E-state index contributed by atoms with van der Waals surface area (Å²) in [5.74, 6) is -0.698. The Morgan fingerprint density at radius 2 is 1.77 bits per heavy atom. The number of carboxylic acids is 1. The van der Waals surface area contributed by atoms with E-state index in [-0.39, 0.29) is 11.4 Å². The van der Waals surface area contributed by atoms with Gasteiger partial charge < -0.3 is 15.3 Å². The molecule has 1 fully saturated rings. The third kappa shape index (κ3) is 5.49. The number of halogens is 4. The maximum Gasteiger partial charge on any atom is 0.436 e. The Hall–Kier alpha value is -2.56. The number of aromatic nitrogens is 2. The molecule has 4 rings (SSSR count). The number of fused-ring (bicyclic) bond motifs is 1. The lowest BCUT2D eigenvalue weighted by Crippen LogP contribution is -2.34. The second kappa shape index (κ2) is 10.2. The zero-order valence-corrected chi connectivity index (χ0v) is 20.9. The number of anilines is 1. The summed E-state index contributed by atoms with van der Waals surface area (Å²) in [6.45, 7) is 3.06. The first-order chi connectivity index (χ1) is 16.6. The van der Waals surface area contributed by atoms with E-state index in [2.05, 4.69) is 26.3 Å². The van der Waals surface area contributed by atoms with Gasteiger partial charge in [0.1, 0.15) is 11.4 Å². The molecule has 1 atom stereocenters. The summed E-state index contributed by atoms with van der Waals surface area (Å²) in [7, 11) is 0. The van der Waals surface area contributed by atoms with Gasteiger partial charge >= 0.3 is 12.1 Å². The molecule has 11 heteroatoms. The minimum absolute atomic E-state index is 0.0851. The zero-order chi connectivity index (χ0) is 25.3. The molecular formula is C24H28BrF3N4O3. The Morgan fingerprint density at radius 1 is 1.14 bits per heavy atom. The molecular weight excluding hydrogens is 529 g/mol. The summed E-state index contributed by atoms with van der Waals surface area (Å²) < 4.78 is 42.9. The normalized spacial score (nSPS) is 21.0. The number of alkyl halides is 4. The molecule has 190 valence electrons. The average Bonchev–Trinajstić information content (AvgIpc) is 3.39. The second-order valence-corrected chi connectivity index (χ2v) is 10.0. The fourth-order valence-electron chi connectivity index (χ4n) is 4.98. The number of carbonyl (C=O) groups is 2. The van der Waals surface area contributed by atoms with Crippen molar-refractivity contribution < 1.29 is 27.9 Å². The van der Waals surface area contributed by atoms with E-state index >= 15 is 0 Å². The van der Waals surface area contributed by atoms with Crippen molar-refractivity contribution in [1.82, 2.24) is 15.1 Å². The van der Waals surface area contributed by atoms with E-state index in [0.29, 0.717) is 37.0 Å². The molecule has 2 aromatic rings. The van der Waals surface area contributed by atoms with E-state index < -0.39 is 35.4 Å². The Morgan fingerprint density at radius 3 is 2.34 bits per heavy atom. The molecule has 7 nitrogen and oxygen atoms in total. The minimum Gasteiger partial charge on any atom is -0.478 e. The van der Waals surface area contributed by atoms with Gasteiger partial charge in [0.05, 0.1) is 18.2 Å². The number of benzene rings is 1. The van der Waals surface area contributed by atoms with Crippen LogP contribution in [-0.2, 0) is 12.7 Å². The number of amides is 1. The van der Waals surface area contributed by atoms with Gasteiger partial charge in [-0.05, 0) is 62.1 Å². The highest BCUT2D eigenvalue weighted by atomic mass is 79.9. The van der Waals surface area contributed by atoms with Gasteiger partial charge in [-0.3, -0.25) is 4.79 Å². The fourth-order valence-corrected chi connectivity index (χ4v) is 5.63. The van der Waals surface area contributed by atoms with Gasteiger partial charge in [0.25, 0.3) is 5.91 Å². The maximum atomic E-state index is 13.9. The van der Waals surface area contributed by atoms with E-state index in [0.717, 1.165) is 31.0 Å². The van der Waals surface area contributed by atoms with Crippen molar-refractivity contribution in [1.29, 1.82) is 0 Å². The van der Waals surface area contributed by atoms with Crippen LogP contribution in [0.1, 0.15) is 70.6 Å². The quantitative estimate of drug-likeness (QED) is 0.462. The van der Waals surface area contributed by atoms with E-state index in [1.807, 2.05) is 4.90 Å². The molecule has 0 spiro atoms. The summed E-state index contributed by atoms with van der Waals surface area (Å²) in [4.78, 5) is 26.2. The monoisotopic (exact) mass is 556 g/mol. The maximum absolute atomic E-state index is 13.9. The van der Waals surface area contributed by atoms with Crippen LogP contribution in [-0.4, -0.2) is 45.2 Å². The van der Waals surface area contributed by atoms with Crippen LogP contribution in [0.15, 0.2) is 24.3 Å². The van der Waals surface area contributed by atoms with Crippen LogP contribution >= 0.6 is 15.9 Å². The summed E-state index contributed by atoms with van der Waals surface area (Å²) in [6, 6.07) is 5.24. The molecule has 2 aliphatic rings. The first kappa shape index (κ1) is 25.5. The highest BCUT2D eigenvalue weighted by molar-refractivity contribution is 9.09. The number of carboxylic acid groups (broad SMARTS) is 1. The SMILES string of the molecule is CC(NC(=O)c1c(C(F)(F)F)nn2c1N(CC1CCC(CBr)CC1)CC2)c1ccc(C(=O)O)cc1. The Kier molecular flexibility index (Phi) is 7.44. The molecule has 0 saturated heterocycles. The predicted octanol–water partition coefficient (Wildman–Crippen LogP) is 5.11. The van der Waals surface area contributed by atoms with Gasteiger partial charge in [-0.1, -0.05) is 28.1 Å². The zero-order valence-electron chi connectivity index (χ0n) is 19.3. The van der Waals surface area contributed by atoms with E-state index in [9.17, 15) is 22.8 Å². The largest absolute Gasteiger partial charge is 0.478 e. The van der Waals surface area contributed by atoms with Crippen LogP contribution in [0, 0.1) is 11.8 Å². The Bertz CT molecular complexity index is 1080. The van der Waals surface area contributed by atoms with Crippen LogP contribution in [0.4, 0.5) is 19.0 Å². The van der Waals surface area contributed by atoms with Crippen molar-refractivity contribution in [2.24, 2.45) is 11.8 Å². The van der Waals surface area contributed by atoms with Crippen LogP contribution in [0.25, 0.3) is 0 Å². The third-order valence-corrected chi connectivity index (χ3v) is 7.89. The van der Waals surface area contributed by atoms with E-state index in [4.69, 9.17) is 5.11 Å². The van der Waals surface area contributed by atoms with Gasteiger partial charge in [0.2, 0.25) is 0 Å². The summed E-state index contributed by atoms with van der Waals surface area (Å²) >= 11 is 3.53. The molecule has 1 unspecified atom stereocenters. The molecule has 35 heavy (non-hydrogen) atoms. The molecule has 2 heterocycles. The number of hydrogen-bond acceptors (Lipinski definition) is 4. The highest BCUT2D eigenvalue weighted by Gasteiger charge is 2.44. The fraction of sp³-hybridized carbons (Fsp3) is 0.542. The van der Waals surface area contributed by atoms with Crippen LogP contribution in [0.3, 0.4) is 0 Å². The van der Waals surface area contributed by atoms with Crippen LogP contribution in [0.5, 0.6) is 0 Å². The van der Waals surface area contributed by atoms with Crippen molar-refractivity contribution >= 4 is 33.6 Å².